The van der Waals surface area contributed by atoms with Gasteiger partial charge in [-0.2, -0.15) is 0 Å². The van der Waals surface area contributed by atoms with Crippen LogP contribution in [0.25, 0.3) is 0 Å². The molecule has 0 saturated carbocycles. The van der Waals surface area contributed by atoms with Crippen molar-refractivity contribution < 1.29 is 13.6 Å². The van der Waals surface area contributed by atoms with Crippen LogP contribution in [0.3, 0.4) is 0 Å². The molecule has 156 valence electrons. The van der Waals surface area contributed by atoms with E-state index in [-0.39, 0.29) is 12.1 Å². The van der Waals surface area contributed by atoms with E-state index in [4.69, 9.17) is 11.6 Å². The highest BCUT2D eigenvalue weighted by atomic mass is 35.5. The Morgan fingerprint density at radius 2 is 1.50 bits per heavy atom. The lowest BCUT2D eigenvalue weighted by atomic mass is 10.2. The summed E-state index contributed by atoms with van der Waals surface area (Å²) in [6, 6.07) is 18.0. The third-order valence-corrected chi connectivity index (χ3v) is 4.76. The van der Waals surface area contributed by atoms with Gasteiger partial charge in [0.2, 0.25) is 0 Å². The molecule has 0 fully saturated rings. The van der Waals surface area contributed by atoms with E-state index < -0.39 is 17.7 Å². The molecule has 0 aliphatic carbocycles. The van der Waals surface area contributed by atoms with Crippen LogP contribution >= 0.6 is 11.6 Å². The van der Waals surface area contributed by atoms with Gasteiger partial charge in [0.1, 0.15) is 11.6 Å². The summed E-state index contributed by atoms with van der Waals surface area (Å²) in [5.74, 6) is -1.39. The molecule has 0 aliphatic heterocycles. The Morgan fingerprint density at radius 1 is 0.933 bits per heavy atom. The fraction of sp³-hybridized carbons (Fsp3) is 0.174. The summed E-state index contributed by atoms with van der Waals surface area (Å²) in [6.45, 7) is 2.67. The van der Waals surface area contributed by atoms with Crippen LogP contribution in [-0.2, 0) is 6.54 Å². The van der Waals surface area contributed by atoms with Crippen molar-refractivity contribution >= 4 is 34.7 Å². The molecular formula is C23H22ClF2N3O. The molecule has 3 aromatic carbocycles. The SMILES string of the molecule is CCCN(c1ccc(Cl)cc1)c1ccc(NC(=O)NCc2c(F)cccc2F)cc1. The van der Waals surface area contributed by atoms with Gasteiger partial charge in [-0.15, -0.1) is 0 Å². The molecular weight excluding hydrogens is 408 g/mol. The summed E-state index contributed by atoms with van der Waals surface area (Å²) in [6.07, 6.45) is 0.956. The summed E-state index contributed by atoms with van der Waals surface area (Å²) >= 11 is 5.98. The molecule has 3 rings (SSSR count). The fourth-order valence-electron chi connectivity index (χ4n) is 3.02. The van der Waals surface area contributed by atoms with Crippen LogP contribution in [0, 0.1) is 11.6 Å². The van der Waals surface area contributed by atoms with E-state index >= 15 is 0 Å². The van der Waals surface area contributed by atoms with Gasteiger partial charge in [-0.05, 0) is 67.1 Å². The molecule has 0 atom stereocenters. The van der Waals surface area contributed by atoms with Gasteiger partial charge in [0.05, 0.1) is 6.54 Å². The highest BCUT2D eigenvalue weighted by molar-refractivity contribution is 6.30. The number of hydrogen-bond donors (Lipinski definition) is 2. The lowest BCUT2D eigenvalue weighted by Crippen LogP contribution is -2.29. The largest absolute Gasteiger partial charge is 0.341 e. The molecule has 0 heterocycles. The number of hydrogen-bond acceptors (Lipinski definition) is 2. The van der Waals surface area contributed by atoms with E-state index in [0.29, 0.717) is 10.7 Å². The summed E-state index contributed by atoms with van der Waals surface area (Å²) in [5.41, 5.74) is 2.38. The van der Waals surface area contributed by atoms with Gasteiger partial charge in [-0.1, -0.05) is 24.6 Å². The first-order valence-electron chi connectivity index (χ1n) is 9.59. The second-order valence-corrected chi connectivity index (χ2v) is 7.12. The van der Waals surface area contributed by atoms with Gasteiger partial charge >= 0.3 is 6.03 Å². The first-order chi connectivity index (χ1) is 14.5. The molecule has 0 aromatic heterocycles. The van der Waals surface area contributed by atoms with Gasteiger partial charge in [0, 0.05) is 34.2 Å². The predicted molar refractivity (Wildman–Crippen MR) is 117 cm³/mol. The molecule has 0 unspecified atom stereocenters. The number of amides is 2. The third kappa shape index (κ3) is 5.48. The zero-order valence-electron chi connectivity index (χ0n) is 16.5. The van der Waals surface area contributed by atoms with Crippen molar-refractivity contribution in [1.29, 1.82) is 0 Å². The van der Waals surface area contributed by atoms with Crippen LogP contribution in [0.5, 0.6) is 0 Å². The van der Waals surface area contributed by atoms with E-state index in [2.05, 4.69) is 22.5 Å². The highest BCUT2D eigenvalue weighted by Gasteiger charge is 2.11. The normalized spacial score (nSPS) is 10.5. The molecule has 0 radical (unpaired) electrons. The third-order valence-electron chi connectivity index (χ3n) is 4.51. The molecule has 0 aliphatic rings. The number of benzene rings is 3. The summed E-state index contributed by atoms with van der Waals surface area (Å²) in [4.78, 5) is 14.2. The summed E-state index contributed by atoms with van der Waals surface area (Å²) in [7, 11) is 0. The molecule has 4 nitrogen and oxygen atoms in total. The Kier molecular flexibility index (Phi) is 7.25. The van der Waals surface area contributed by atoms with Gasteiger partial charge in [0.25, 0.3) is 0 Å². The lowest BCUT2D eigenvalue weighted by molar-refractivity contribution is 0.251. The van der Waals surface area contributed by atoms with Crippen molar-refractivity contribution in [2.24, 2.45) is 0 Å². The maximum atomic E-state index is 13.6. The van der Waals surface area contributed by atoms with Crippen LogP contribution < -0.4 is 15.5 Å². The van der Waals surface area contributed by atoms with Crippen LogP contribution in [0.4, 0.5) is 30.6 Å². The summed E-state index contributed by atoms with van der Waals surface area (Å²) in [5, 5.41) is 5.81. The molecule has 0 bridgehead atoms. The van der Waals surface area contributed by atoms with Gasteiger partial charge in [0.15, 0.2) is 0 Å². The topological polar surface area (TPSA) is 44.4 Å². The van der Waals surface area contributed by atoms with Crippen molar-refractivity contribution in [3.05, 3.63) is 89.0 Å². The predicted octanol–water partition coefficient (Wildman–Crippen LogP) is 6.49. The van der Waals surface area contributed by atoms with Crippen LogP contribution in [0.2, 0.25) is 5.02 Å². The average molecular weight is 430 g/mol. The zero-order valence-corrected chi connectivity index (χ0v) is 17.2. The average Bonchev–Trinajstić information content (AvgIpc) is 2.73. The Balaban J connectivity index is 1.64. The van der Waals surface area contributed by atoms with Crippen molar-refractivity contribution in [1.82, 2.24) is 5.32 Å². The number of carbonyl (C=O) groups excluding carboxylic acids is 1. The molecule has 0 spiro atoms. The number of nitrogens with zero attached hydrogens (tertiary/aromatic N) is 1. The Bertz CT molecular complexity index is 974. The van der Waals surface area contributed by atoms with Crippen molar-refractivity contribution in [2.75, 3.05) is 16.8 Å². The second kappa shape index (κ2) is 10.1. The smallest absolute Gasteiger partial charge is 0.319 e. The Hall–Kier alpha value is -3.12. The number of anilines is 3. The van der Waals surface area contributed by atoms with E-state index in [1.807, 2.05) is 36.4 Å². The standard InChI is InChI=1S/C23H22ClF2N3O/c1-2-14-29(18-10-6-16(24)7-11-18)19-12-8-17(9-13-19)28-23(30)27-15-20-21(25)4-3-5-22(20)26/h3-13H,2,14-15H2,1H3,(H2,27,28,30). The van der Waals surface area contributed by atoms with E-state index in [9.17, 15) is 13.6 Å². The minimum absolute atomic E-state index is 0.179. The van der Waals surface area contributed by atoms with Crippen molar-refractivity contribution in [2.45, 2.75) is 19.9 Å². The Labute approximate surface area is 179 Å². The molecule has 2 amide bonds. The highest BCUT2D eigenvalue weighted by Crippen LogP contribution is 2.28. The minimum atomic E-state index is -0.696. The second-order valence-electron chi connectivity index (χ2n) is 6.68. The zero-order chi connectivity index (χ0) is 21.5. The number of halogens is 3. The number of rotatable bonds is 7. The van der Waals surface area contributed by atoms with Gasteiger partial charge in [-0.3, -0.25) is 0 Å². The fourth-order valence-corrected chi connectivity index (χ4v) is 3.15. The van der Waals surface area contributed by atoms with Crippen LogP contribution in [0.1, 0.15) is 18.9 Å². The van der Waals surface area contributed by atoms with Gasteiger partial charge < -0.3 is 15.5 Å². The van der Waals surface area contributed by atoms with E-state index in [1.54, 1.807) is 12.1 Å². The first kappa shape index (κ1) is 21.6. The summed E-state index contributed by atoms with van der Waals surface area (Å²) < 4.78 is 27.3. The minimum Gasteiger partial charge on any atom is -0.341 e. The molecule has 3 aromatic rings. The van der Waals surface area contributed by atoms with Crippen LogP contribution in [-0.4, -0.2) is 12.6 Å². The number of carbonyl (C=O) groups is 1. The molecule has 30 heavy (non-hydrogen) atoms. The van der Waals surface area contributed by atoms with Crippen molar-refractivity contribution in [3.63, 3.8) is 0 Å². The van der Waals surface area contributed by atoms with Crippen molar-refractivity contribution in [3.8, 4) is 0 Å². The number of nitrogens with one attached hydrogen (secondary N) is 2. The lowest BCUT2D eigenvalue weighted by Gasteiger charge is -2.25. The van der Waals surface area contributed by atoms with Gasteiger partial charge in [-0.25, -0.2) is 13.6 Å². The monoisotopic (exact) mass is 429 g/mol. The first-order valence-corrected chi connectivity index (χ1v) is 9.96. The molecule has 0 saturated heterocycles. The number of urea groups is 1. The maximum absolute atomic E-state index is 13.6. The Morgan fingerprint density at radius 3 is 2.07 bits per heavy atom. The molecule has 2 N–H and O–H groups in total. The van der Waals surface area contributed by atoms with E-state index in [1.165, 1.54) is 6.07 Å². The van der Waals surface area contributed by atoms with E-state index in [0.717, 1.165) is 36.5 Å². The van der Waals surface area contributed by atoms with Crippen LogP contribution in [0.15, 0.2) is 66.7 Å². The quantitative estimate of drug-likeness (QED) is 0.451. The molecule has 7 heteroatoms. The maximum Gasteiger partial charge on any atom is 0.319 e.